The van der Waals surface area contributed by atoms with Crippen LogP contribution in [0.2, 0.25) is 0 Å². The lowest BCUT2D eigenvalue weighted by Crippen LogP contribution is -2.41. The van der Waals surface area contributed by atoms with Gasteiger partial charge in [0.05, 0.1) is 11.0 Å². The average Bonchev–Trinajstić information content (AvgIpc) is 2.96. The third kappa shape index (κ3) is 2.42. The van der Waals surface area contributed by atoms with E-state index in [9.17, 15) is 4.79 Å². The molecule has 1 aliphatic rings. The molecule has 2 aromatic carbocycles. The average molecular weight is 320 g/mol. The highest BCUT2D eigenvalue weighted by Crippen LogP contribution is 2.23. The van der Waals surface area contributed by atoms with Crippen LogP contribution in [-0.2, 0) is 0 Å². The Morgan fingerprint density at radius 2 is 1.83 bits per heavy atom. The van der Waals surface area contributed by atoms with E-state index >= 15 is 0 Å². The van der Waals surface area contributed by atoms with Crippen LogP contribution >= 0.6 is 0 Å². The summed E-state index contributed by atoms with van der Waals surface area (Å²) in [5.41, 5.74) is 4.77. The fourth-order valence-corrected chi connectivity index (χ4v) is 2.96. The highest BCUT2D eigenvalue weighted by atomic mass is 16.2. The summed E-state index contributed by atoms with van der Waals surface area (Å²) in [6, 6.07) is 14.0. The van der Waals surface area contributed by atoms with E-state index in [1.54, 1.807) is 0 Å². The van der Waals surface area contributed by atoms with Crippen LogP contribution in [-0.4, -0.2) is 47.5 Å². The lowest BCUT2D eigenvalue weighted by molar-refractivity contribution is 0.0652. The van der Waals surface area contributed by atoms with Gasteiger partial charge in [-0.2, -0.15) is 0 Å². The Morgan fingerprint density at radius 3 is 2.46 bits per heavy atom. The summed E-state index contributed by atoms with van der Waals surface area (Å²) in [6.45, 7) is 1.73. The van der Waals surface area contributed by atoms with Gasteiger partial charge in [0.2, 0.25) is 0 Å². The molecular weight excluding hydrogens is 300 g/mol. The van der Waals surface area contributed by atoms with Crippen molar-refractivity contribution in [3.05, 3.63) is 54.4 Å². The number of imidazole rings is 1. The molecule has 1 fully saturated rings. The Hall–Kier alpha value is -2.82. The van der Waals surface area contributed by atoms with Crippen molar-refractivity contribution in [2.24, 2.45) is 0 Å². The van der Waals surface area contributed by atoms with Crippen LogP contribution in [0.4, 0.5) is 5.69 Å². The van der Waals surface area contributed by atoms with Gasteiger partial charge in [0.1, 0.15) is 6.33 Å². The fourth-order valence-electron chi connectivity index (χ4n) is 2.96. The maximum absolute atomic E-state index is 12.5. The third-order valence-corrected chi connectivity index (χ3v) is 4.58. The van der Waals surface area contributed by atoms with Crippen molar-refractivity contribution in [2.75, 3.05) is 32.1 Å². The molecule has 0 atom stereocenters. The van der Waals surface area contributed by atoms with E-state index in [0.717, 1.165) is 47.5 Å². The van der Waals surface area contributed by atoms with E-state index in [4.69, 9.17) is 0 Å². The first-order chi connectivity index (χ1) is 11.6. The van der Waals surface area contributed by atoms with E-state index < -0.39 is 0 Å². The Balaban J connectivity index is 1.74. The number of hydrogen-bond acceptors (Lipinski definition) is 3. The maximum atomic E-state index is 12.5. The number of anilines is 1. The van der Waals surface area contributed by atoms with Crippen molar-refractivity contribution in [3.63, 3.8) is 0 Å². The van der Waals surface area contributed by atoms with Gasteiger partial charge in [0, 0.05) is 44.1 Å². The first-order valence-electron chi connectivity index (χ1n) is 8.17. The smallest absolute Gasteiger partial charge is 0.253 e. The van der Waals surface area contributed by atoms with Gasteiger partial charge in [-0.05, 0) is 48.9 Å². The zero-order chi connectivity index (χ0) is 16.7. The van der Waals surface area contributed by atoms with Crippen molar-refractivity contribution in [1.82, 2.24) is 14.5 Å². The molecule has 1 aromatic heterocycles. The van der Waals surface area contributed by atoms with Crippen molar-refractivity contribution >= 4 is 22.6 Å². The molecule has 4 rings (SSSR count). The predicted octanol–water partition coefficient (Wildman–Crippen LogP) is 2.94. The molecule has 0 bridgehead atoms. The second kappa shape index (κ2) is 5.67. The van der Waals surface area contributed by atoms with Crippen molar-refractivity contribution in [1.29, 1.82) is 0 Å². The molecule has 0 N–H and O–H groups in total. The quantitative estimate of drug-likeness (QED) is 0.745. The van der Waals surface area contributed by atoms with Crippen molar-refractivity contribution in [2.45, 2.75) is 6.42 Å². The summed E-state index contributed by atoms with van der Waals surface area (Å²) in [7, 11) is 4.05. The van der Waals surface area contributed by atoms with Crippen LogP contribution in [0.3, 0.4) is 0 Å². The van der Waals surface area contributed by atoms with Gasteiger partial charge >= 0.3 is 0 Å². The minimum atomic E-state index is 0.110. The molecule has 0 radical (unpaired) electrons. The van der Waals surface area contributed by atoms with E-state index in [-0.39, 0.29) is 5.91 Å². The molecule has 0 saturated carbocycles. The minimum Gasteiger partial charge on any atom is -0.378 e. The topological polar surface area (TPSA) is 41.4 Å². The summed E-state index contributed by atoms with van der Waals surface area (Å²) in [4.78, 5) is 20.9. The monoisotopic (exact) mass is 320 g/mol. The van der Waals surface area contributed by atoms with E-state index in [1.165, 1.54) is 0 Å². The van der Waals surface area contributed by atoms with Gasteiger partial charge in [0.25, 0.3) is 5.91 Å². The molecule has 0 aliphatic carbocycles. The molecule has 5 heteroatoms. The molecule has 3 aromatic rings. The fraction of sp³-hybridized carbons (Fsp3) is 0.263. The van der Waals surface area contributed by atoms with Crippen molar-refractivity contribution < 1.29 is 4.79 Å². The molecule has 122 valence electrons. The number of carbonyl (C=O) groups is 1. The summed E-state index contributed by atoms with van der Waals surface area (Å²) < 4.78 is 2.03. The second-order valence-electron chi connectivity index (χ2n) is 6.37. The van der Waals surface area contributed by atoms with Gasteiger partial charge in [-0.25, -0.2) is 4.98 Å². The third-order valence-electron chi connectivity index (χ3n) is 4.58. The first-order valence-corrected chi connectivity index (χ1v) is 8.17. The zero-order valence-electron chi connectivity index (χ0n) is 13.9. The summed E-state index contributed by atoms with van der Waals surface area (Å²) in [5.74, 6) is 0.110. The molecule has 1 saturated heterocycles. The number of likely N-dealkylation sites (tertiary alicyclic amines) is 1. The Kier molecular flexibility index (Phi) is 3.49. The number of hydrogen-bond donors (Lipinski definition) is 0. The largest absolute Gasteiger partial charge is 0.378 e. The summed E-state index contributed by atoms with van der Waals surface area (Å²) in [6.07, 6.45) is 2.91. The van der Waals surface area contributed by atoms with Gasteiger partial charge in [-0.3, -0.25) is 9.36 Å². The second-order valence-corrected chi connectivity index (χ2v) is 6.37. The normalized spacial score (nSPS) is 13.8. The molecular formula is C19H20N4O. The number of fused-ring (bicyclic) bond motifs is 1. The SMILES string of the molecule is CN(C)c1ccc(-n2cnc3ccc(C(=O)N4CCC4)cc32)cc1. The van der Waals surface area contributed by atoms with Gasteiger partial charge < -0.3 is 9.80 Å². The van der Waals surface area contributed by atoms with E-state index in [0.29, 0.717) is 0 Å². The van der Waals surface area contributed by atoms with Crippen molar-refractivity contribution in [3.8, 4) is 5.69 Å². The van der Waals surface area contributed by atoms with Gasteiger partial charge in [-0.15, -0.1) is 0 Å². The number of carbonyl (C=O) groups excluding carboxylic acids is 1. The zero-order valence-corrected chi connectivity index (χ0v) is 13.9. The van der Waals surface area contributed by atoms with Crippen LogP contribution in [0.25, 0.3) is 16.7 Å². The Labute approximate surface area is 141 Å². The van der Waals surface area contributed by atoms with Crippen LogP contribution in [0.15, 0.2) is 48.8 Å². The molecule has 0 spiro atoms. The van der Waals surface area contributed by atoms with Crippen LogP contribution < -0.4 is 4.90 Å². The molecule has 24 heavy (non-hydrogen) atoms. The number of nitrogens with zero attached hydrogens (tertiary/aromatic N) is 4. The Bertz CT molecular complexity index is 891. The Morgan fingerprint density at radius 1 is 1.08 bits per heavy atom. The number of rotatable bonds is 3. The standard InChI is InChI=1S/C19H20N4O/c1-21(2)15-5-7-16(8-6-15)23-13-20-17-9-4-14(12-18(17)23)19(24)22-10-3-11-22/h4-9,12-13H,3,10-11H2,1-2H3. The van der Waals surface area contributed by atoms with Crippen LogP contribution in [0.1, 0.15) is 16.8 Å². The highest BCUT2D eigenvalue weighted by molar-refractivity contribution is 5.98. The number of aromatic nitrogens is 2. The van der Waals surface area contributed by atoms with E-state index in [2.05, 4.69) is 34.1 Å². The lowest BCUT2D eigenvalue weighted by Gasteiger charge is -2.30. The minimum absolute atomic E-state index is 0.110. The highest BCUT2D eigenvalue weighted by Gasteiger charge is 2.22. The summed E-state index contributed by atoms with van der Waals surface area (Å²) >= 11 is 0. The van der Waals surface area contributed by atoms with Gasteiger partial charge in [0.15, 0.2) is 0 Å². The van der Waals surface area contributed by atoms with Gasteiger partial charge in [-0.1, -0.05) is 0 Å². The van der Waals surface area contributed by atoms with E-state index in [1.807, 2.05) is 48.1 Å². The predicted molar refractivity (Wildman–Crippen MR) is 95.9 cm³/mol. The number of amides is 1. The molecule has 2 heterocycles. The molecule has 1 amide bonds. The lowest BCUT2D eigenvalue weighted by atomic mass is 10.1. The first kappa shape index (κ1) is 14.8. The maximum Gasteiger partial charge on any atom is 0.253 e. The molecule has 5 nitrogen and oxygen atoms in total. The van der Waals surface area contributed by atoms with Crippen LogP contribution in [0.5, 0.6) is 0 Å². The number of benzene rings is 2. The van der Waals surface area contributed by atoms with Crippen LogP contribution in [0, 0.1) is 0 Å². The molecule has 1 aliphatic heterocycles. The summed E-state index contributed by atoms with van der Waals surface area (Å²) in [5, 5.41) is 0. The molecule has 0 unspecified atom stereocenters.